The summed E-state index contributed by atoms with van der Waals surface area (Å²) in [4.78, 5) is -0.457. The molecule has 3 rings (SSSR count). The van der Waals surface area contributed by atoms with Crippen molar-refractivity contribution < 1.29 is 21.6 Å². The Morgan fingerprint density at radius 2 is 1.81 bits per heavy atom. The van der Waals surface area contributed by atoms with E-state index in [2.05, 4.69) is 9.82 Å². The van der Waals surface area contributed by atoms with Gasteiger partial charge < -0.3 is 0 Å². The van der Waals surface area contributed by atoms with Crippen LogP contribution >= 0.6 is 0 Å². The maximum atomic E-state index is 12.8. The highest BCUT2D eigenvalue weighted by Crippen LogP contribution is 2.31. The van der Waals surface area contributed by atoms with Crippen LogP contribution in [0.25, 0.3) is 0 Å². The third kappa shape index (κ3) is 4.05. The van der Waals surface area contributed by atoms with Gasteiger partial charge in [0.05, 0.1) is 22.7 Å². The zero-order chi connectivity index (χ0) is 18.8. The molecule has 5 nitrogen and oxygen atoms in total. The number of anilines is 1. The fourth-order valence-electron chi connectivity index (χ4n) is 2.37. The maximum absolute atomic E-state index is 12.8. The van der Waals surface area contributed by atoms with Crippen LogP contribution in [0.15, 0.2) is 71.9 Å². The highest BCUT2D eigenvalue weighted by molar-refractivity contribution is 7.92. The van der Waals surface area contributed by atoms with Gasteiger partial charge in [-0.2, -0.15) is 18.3 Å². The SMILES string of the molecule is O=S(=O)(Nc1ccccc1Cn1cccn1)c1cccc(C(F)(F)F)c1. The summed E-state index contributed by atoms with van der Waals surface area (Å²) in [6.45, 7) is 0.314. The van der Waals surface area contributed by atoms with E-state index in [-0.39, 0.29) is 5.69 Å². The predicted octanol–water partition coefficient (Wildman–Crippen LogP) is 3.75. The number of benzene rings is 2. The van der Waals surface area contributed by atoms with E-state index in [9.17, 15) is 21.6 Å². The van der Waals surface area contributed by atoms with Crippen molar-refractivity contribution in [2.24, 2.45) is 0 Å². The van der Waals surface area contributed by atoms with Crippen LogP contribution < -0.4 is 4.72 Å². The lowest BCUT2D eigenvalue weighted by Gasteiger charge is -2.14. The average molecular weight is 381 g/mol. The number of nitrogens with one attached hydrogen (secondary N) is 1. The van der Waals surface area contributed by atoms with Gasteiger partial charge in [0.15, 0.2) is 0 Å². The molecule has 0 saturated carbocycles. The highest BCUT2D eigenvalue weighted by atomic mass is 32.2. The first kappa shape index (κ1) is 18.0. The molecule has 0 aliphatic carbocycles. The molecule has 1 aromatic heterocycles. The molecular weight excluding hydrogens is 367 g/mol. The van der Waals surface area contributed by atoms with Crippen LogP contribution in [0.2, 0.25) is 0 Å². The first-order valence-corrected chi connectivity index (χ1v) is 8.99. The van der Waals surface area contributed by atoms with Gasteiger partial charge in [0.1, 0.15) is 0 Å². The number of alkyl halides is 3. The van der Waals surface area contributed by atoms with Gasteiger partial charge in [-0.05, 0) is 35.9 Å². The van der Waals surface area contributed by atoms with Crippen molar-refractivity contribution in [1.29, 1.82) is 0 Å². The molecule has 0 spiro atoms. The van der Waals surface area contributed by atoms with E-state index in [1.54, 1.807) is 47.4 Å². The fraction of sp³-hybridized carbons (Fsp3) is 0.118. The molecule has 0 fully saturated rings. The summed E-state index contributed by atoms with van der Waals surface area (Å²) < 4.78 is 67.5. The fourth-order valence-corrected chi connectivity index (χ4v) is 3.52. The molecule has 136 valence electrons. The van der Waals surface area contributed by atoms with Gasteiger partial charge in [0.2, 0.25) is 0 Å². The number of sulfonamides is 1. The summed E-state index contributed by atoms with van der Waals surface area (Å²) >= 11 is 0. The Morgan fingerprint density at radius 1 is 1.04 bits per heavy atom. The Kier molecular flexibility index (Phi) is 4.73. The van der Waals surface area contributed by atoms with Crippen molar-refractivity contribution in [3.05, 3.63) is 78.1 Å². The van der Waals surface area contributed by atoms with E-state index in [4.69, 9.17) is 0 Å². The summed E-state index contributed by atoms with van der Waals surface area (Å²) in [6, 6.07) is 12.0. The summed E-state index contributed by atoms with van der Waals surface area (Å²) in [5, 5.41) is 4.06. The number of nitrogens with zero attached hydrogens (tertiary/aromatic N) is 2. The van der Waals surface area contributed by atoms with E-state index in [1.807, 2.05) is 0 Å². The number of aromatic nitrogens is 2. The molecule has 9 heteroatoms. The van der Waals surface area contributed by atoms with Crippen LogP contribution in [-0.2, 0) is 22.7 Å². The smallest absolute Gasteiger partial charge is 0.279 e. The Labute approximate surface area is 148 Å². The lowest BCUT2D eigenvalue weighted by atomic mass is 10.2. The predicted molar refractivity (Wildman–Crippen MR) is 90.0 cm³/mol. The molecule has 2 aromatic carbocycles. The number of hydrogen-bond donors (Lipinski definition) is 1. The van der Waals surface area contributed by atoms with Crippen molar-refractivity contribution >= 4 is 15.7 Å². The molecule has 1 heterocycles. The third-order valence-corrected chi connectivity index (χ3v) is 4.99. The highest BCUT2D eigenvalue weighted by Gasteiger charge is 2.31. The molecule has 0 aliphatic heterocycles. The van der Waals surface area contributed by atoms with E-state index >= 15 is 0 Å². The minimum atomic E-state index is -4.62. The second kappa shape index (κ2) is 6.83. The largest absolute Gasteiger partial charge is 0.416 e. The lowest BCUT2D eigenvalue weighted by molar-refractivity contribution is -0.137. The Hall–Kier alpha value is -2.81. The van der Waals surface area contributed by atoms with Gasteiger partial charge in [0, 0.05) is 12.4 Å². The van der Waals surface area contributed by atoms with Gasteiger partial charge in [-0.25, -0.2) is 8.42 Å². The molecule has 0 amide bonds. The minimum absolute atomic E-state index is 0.278. The number of halogens is 3. The summed E-state index contributed by atoms with van der Waals surface area (Å²) in [7, 11) is -4.18. The molecule has 3 aromatic rings. The van der Waals surface area contributed by atoms with Crippen LogP contribution in [-0.4, -0.2) is 18.2 Å². The number of rotatable bonds is 5. The normalized spacial score (nSPS) is 12.1. The van der Waals surface area contributed by atoms with Gasteiger partial charge >= 0.3 is 6.18 Å². The first-order chi connectivity index (χ1) is 12.3. The van der Waals surface area contributed by atoms with Crippen molar-refractivity contribution in [3.63, 3.8) is 0 Å². The van der Waals surface area contributed by atoms with E-state index < -0.39 is 26.7 Å². The van der Waals surface area contributed by atoms with Crippen LogP contribution in [0, 0.1) is 0 Å². The number of hydrogen-bond acceptors (Lipinski definition) is 3. The standard InChI is InChI=1S/C17H14F3N3O2S/c18-17(19,20)14-6-3-7-15(11-14)26(24,25)22-16-8-2-1-5-13(16)12-23-10-4-9-21-23/h1-11,22H,12H2. The van der Waals surface area contributed by atoms with Crippen LogP contribution in [0.4, 0.5) is 18.9 Å². The molecule has 0 unspecified atom stereocenters. The summed E-state index contributed by atoms with van der Waals surface area (Å²) in [5.41, 5.74) is -0.114. The zero-order valence-electron chi connectivity index (χ0n) is 13.3. The van der Waals surface area contributed by atoms with Gasteiger partial charge in [-0.3, -0.25) is 9.40 Å². The zero-order valence-corrected chi connectivity index (χ0v) is 14.1. The van der Waals surface area contributed by atoms with Crippen LogP contribution in [0.5, 0.6) is 0 Å². The lowest BCUT2D eigenvalue weighted by Crippen LogP contribution is -2.16. The van der Waals surface area contributed by atoms with E-state index in [0.717, 1.165) is 18.2 Å². The molecule has 0 atom stereocenters. The molecular formula is C17H14F3N3O2S. The first-order valence-electron chi connectivity index (χ1n) is 7.51. The van der Waals surface area contributed by atoms with Gasteiger partial charge in [0.25, 0.3) is 10.0 Å². The van der Waals surface area contributed by atoms with Gasteiger partial charge in [-0.15, -0.1) is 0 Å². The van der Waals surface area contributed by atoms with Crippen molar-refractivity contribution in [3.8, 4) is 0 Å². The summed E-state index contributed by atoms with van der Waals surface area (Å²) in [6.07, 6.45) is -1.31. The Bertz CT molecular complexity index is 1000. The average Bonchev–Trinajstić information content (AvgIpc) is 3.09. The molecule has 0 saturated heterocycles. The molecule has 26 heavy (non-hydrogen) atoms. The van der Waals surface area contributed by atoms with Crippen molar-refractivity contribution in [2.75, 3.05) is 4.72 Å². The van der Waals surface area contributed by atoms with Gasteiger partial charge in [-0.1, -0.05) is 24.3 Å². The quantitative estimate of drug-likeness (QED) is 0.732. The Balaban J connectivity index is 1.91. The maximum Gasteiger partial charge on any atom is 0.416 e. The van der Waals surface area contributed by atoms with E-state index in [0.29, 0.717) is 18.2 Å². The molecule has 1 N–H and O–H groups in total. The summed E-state index contributed by atoms with van der Waals surface area (Å²) in [5.74, 6) is 0. The second-order valence-corrected chi connectivity index (χ2v) is 7.17. The topological polar surface area (TPSA) is 64.0 Å². The van der Waals surface area contributed by atoms with Crippen LogP contribution in [0.1, 0.15) is 11.1 Å². The second-order valence-electron chi connectivity index (χ2n) is 5.49. The molecule has 0 radical (unpaired) electrons. The van der Waals surface area contributed by atoms with Crippen molar-refractivity contribution in [2.45, 2.75) is 17.6 Å². The molecule has 0 aliphatic rings. The minimum Gasteiger partial charge on any atom is -0.279 e. The third-order valence-electron chi connectivity index (χ3n) is 3.62. The monoisotopic (exact) mass is 381 g/mol. The Morgan fingerprint density at radius 3 is 2.50 bits per heavy atom. The number of para-hydroxylation sites is 1. The van der Waals surface area contributed by atoms with Crippen molar-refractivity contribution in [1.82, 2.24) is 9.78 Å². The van der Waals surface area contributed by atoms with Crippen LogP contribution in [0.3, 0.4) is 0 Å². The molecule has 0 bridgehead atoms. The van der Waals surface area contributed by atoms with E-state index in [1.165, 1.54) is 0 Å².